The van der Waals surface area contributed by atoms with Gasteiger partial charge in [0.2, 0.25) is 0 Å². The van der Waals surface area contributed by atoms with Crippen LogP contribution in [0.5, 0.6) is 0 Å². The molecule has 0 radical (unpaired) electrons. The van der Waals surface area contributed by atoms with Crippen molar-refractivity contribution in [2.24, 2.45) is 5.41 Å². The molecule has 0 N–H and O–H groups in total. The van der Waals surface area contributed by atoms with Crippen LogP contribution in [0.1, 0.15) is 11.5 Å². The molecule has 2 atom stereocenters. The van der Waals surface area contributed by atoms with Gasteiger partial charge in [0.25, 0.3) is 0 Å². The van der Waals surface area contributed by atoms with E-state index in [4.69, 9.17) is 22.1 Å². The second kappa shape index (κ2) is 3.98. The van der Waals surface area contributed by atoms with E-state index in [-0.39, 0.29) is 0 Å². The Hall–Kier alpha value is -1.56. The fraction of sp³-hybridized carbons (Fsp3) is 0.333. The van der Waals surface area contributed by atoms with E-state index in [2.05, 4.69) is 0 Å². The molecule has 0 amide bonds. The molecule has 0 aromatic heterocycles. The molecule has 4 nitrogen and oxygen atoms in total. The molecule has 0 unspecified atom stereocenters. The van der Waals surface area contributed by atoms with Gasteiger partial charge in [0.15, 0.2) is 15.3 Å². The Morgan fingerprint density at radius 3 is 2.33 bits per heavy atom. The van der Waals surface area contributed by atoms with Crippen molar-refractivity contribution < 1.29 is 8.42 Å². The zero-order chi connectivity index (χ0) is 13.6. The average molecular weight is 281 g/mol. The molecule has 0 spiro atoms. The van der Waals surface area contributed by atoms with Gasteiger partial charge in [-0.3, -0.25) is 0 Å². The summed E-state index contributed by atoms with van der Waals surface area (Å²) in [5.74, 6) is -0.624. The smallest absolute Gasteiger partial charge is 0.169 e. The Balaban J connectivity index is 2.54. The van der Waals surface area contributed by atoms with Crippen LogP contribution in [0.2, 0.25) is 5.02 Å². The third-order valence-electron chi connectivity index (χ3n) is 3.17. The van der Waals surface area contributed by atoms with Crippen LogP contribution in [-0.2, 0) is 9.84 Å². The second-order valence-corrected chi connectivity index (χ2v) is 6.98. The number of rotatable bonds is 2. The quantitative estimate of drug-likeness (QED) is 0.828. The van der Waals surface area contributed by atoms with Crippen molar-refractivity contribution >= 4 is 21.4 Å². The number of halogens is 1. The summed E-state index contributed by atoms with van der Waals surface area (Å²) in [5.41, 5.74) is -0.876. The van der Waals surface area contributed by atoms with Gasteiger partial charge in [-0.25, -0.2) is 8.42 Å². The van der Waals surface area contributed by atoms with Crippen LogP contribution in [0.4, 0.5) is 0 Å². The van der Waals surface area contributed by atoms with Gasteiger partial charge in [0.1, 0.15) is 5.25 Å². The largest absolute Gasteiger partial charge is 0.229 e. The van der Waals surface area contributed by atoms with Crippen LogP contribution >= 0.6 is 11.6 Å². The number of benzene rings is 1. The summed E-state index contributed by atoms with van der Waals surface area (Å²) < 4.78 is 23.3. The highest BCUT2D eigenvalue weighted by molar-refractivity contribution is 7.91. The van der Waals surface area contributed by atoms with E-state index in [1.54, 1.807) is 24.3 Å². The molecule has 18 heavy (non-hydrogen) atoms. The molecule has 1 aliphatic rings. The first-order valence-electron chi connectivity index (χ1n) is 5.13. The monoisotopic (exact) mass is 280 g/mol. The van der Waals surface area contributed by atoms with E-state index < -0.39 is 26.4 Å². The maximum atomic E-state index is 11.7. The molecule has 1 aromatic carbocycles. The topological polar surface area (TPSA) is 81.7 Å². The average Bonchev–Trinajstić information content (AvgIpc) is 2.98. The van der Waals surface area contributed by atoms with E-state index in [1.807, 2.05) is 12.1 Å². The van der Waals surface area contributed by atoms with E-state index in [1.165, 1.54) is 0 Å². The lowest BCUT2D eigenvalue weighted by molar-refractivity contribution is 0.597. The SMILES string of the molecule is CS(=O)(=O)[C@H]1[C@@H](c2cccc(Cl)c2)C1(C#N)C#N. The minimum absolute atomic E-state index is 0.455. The maximum Gasteiger partial charge on any atom is 0.169 e. The van der Waals surface area contributed by atoms with Crippen molar-refractivity contribution in [1.29, 1.82) is 10.5 Å². The van der Waals surface area contributed by atoms with Crippen LogP contribution in [0.25, 0.3) is 0 Å². The molecule has 92 valence electrons. The molecule has 6 heteroatoms. The maximum absolute atomic E-state index is 11.7. The van der Waals surface area contributed by atoms with Crippen molar-refractivity contribution in [1.82, 2.24) is 0 Å². The first-order valence-corrected chi connectivity index (χ1v) is 7.47. The summed E-state index contributed by atoms with van der Waals surface area (Å²) in [5, 5.41) is 17.7. The summed E-state index contributed by atoms with van der Waals surface area (Å²) in [7, 11) is -3.46. The number of hydrogen-bond acceptors (Lipinski definition) is 4. The minimum Gasteiger partial charge on any atom is -0.229 e. The number of nitriles is 2. The van der Waals surface area contributed by atoms with E-state index in [0.29, 0.717) is 10.6 Å². The van der Waals surface area contributed by atoms with Crippen LogP contribution in [0, 0.1) is 28.1 Å². The number of sulfone groups is 1. The third kappa shape index (κ3) is 1.77. The summed E-state index contributed by atoms with van der Waals surface area (Å²) in [6.07, 6.45) is 1.05. The predicted molar refractivity (Wildman–Crippen MR) is 66.5 cm³/mol. The molecule has 0 bridgehead atoms. The van der Waals surface area contributed by atoms with Crippen molar-refractivity contribution in [3.05, 3.63) is 34.9 Å². The third-order valence-corrected chi connectivity index (χ3v) is 4.97. The second-order valence-electron chi connectivity index (χ2n) is 4.38. The van der Waals surface area contributed by atoms with Gasteiger partial charge < -0.3 is 0 Å². The fourth-order valence-electron chi connectivity index (χ4n) is 2.37. The molecule has 0 saturated heterocycles. The summed E-state index contributed by atoms with van der Waals surface area (Å²) in [6, 6.07) is 10.3. The van der Waals surface area contributed by atoms with Crippen LogP contribution in [0.15, 0.2) is 24.3 Å². The summed E-state index contributed by atoms with van der Waals surface area (Å²) >= 11 is 5.84. The molecule has 2 rings (SSSR count). The van der Waals surface area contributed by atoms with Gasteiger partial charge in [0, 0.05) is 17.2 Å². The Morgan fingerprint density at radius 1 is 1.33 bits per heavy atom. The molecule has 1 aliphatic carbocycles. The minimum atomic E-state index is -3.46. The molecule has 0 aliphatic heterocycles. The predicted octanol–water partition coefficient (Wildman–Crippen LogP) is 1.88. The van der Waals surface area contributed by atoms with Crippen LogP contribution in [-0.4, -0.2) is 19.9 Å². The zero-order valence-electron chi connectivity index (χ0n) is 9.46. The van der Waals surface area contributed by atoms with Gasteiger partial charge in [-0.05, 0) is 17.7 Å². The van der Waals surface area contributed by atoms with Crippen molar-refractivity contribution in [2.75, 3.05) is 6.26 Å². The highest BCUT2D eigenvalue weighted by atomic mass is 35.5. The lowest BCUT2D eigenvalue weighted by Crippen LogP contribution is -2.11. The first-order chi connectivity index (χ1) is 8.36. The lowest BCUT2D eigenvalue weighted by Gasteiger charge is -1.99. The van der Waals surface area contributed by atoms with Gasteiger partial charge in [-0.2, -0.15) is 10.5 Å². The molecule has 1 aromatic rings. The molecule has 1 saturated carbocycles. The summed E-state index contributed by atoms with van der Waals surface area (Å²) in [4.78, 5) is 0. The van der Waals surface area contributed by atoms with Crippen LogP contribution in [0.3, 0.4) is 0 Å². The van der Waals surface area contributed by atoms with Crippen LogP contribution < -0.4 is 0 Å². The molecule has 1 fully saturated rings. The molecular weight excluding hydrogens is 272 g/mol. The van der Waals surface area contributed by atoms with Crippen molar-refractivity contribution in [3.8, 4) is 12.1 Å². The summed E-state index contributed by atoms with van der Waals surface area (Å²) in [6.45, 7) is 0. The number of hydrogen-bond donors (Lipinski definition) is 0. The molecule has 0 heterocycles. The zero-order valence-corrected chi connectivity index (χ0v) is 11.0. The van der Waals surface area contributed by atoms with Gasteiger partial charge in [-0.1, -0.05) is 23.7 Å². The normalized spacial score (nSPS) is 24.9. The van der Waals surface area contributed by atoms with Gasteiger partial charge >= 0.3 is 0 Å². The van der Waals surface area contributed by atoms with Crippen molar-refractivity contribution in [3.63, 3.8) is 0 Å². The lowest BCUT2D eigenvalue weighted by atomic mass is 10.0. The Morgan fingerprint density at radius 2 is 1.94 bits per heavy atom. The van der Waals surface area contributed by atoms with Crippen molar-refractivity contribution in [2.45, 2.75) is 11.2 Å². The highest BCUT2D eigenvalue weighted by Crippen LogP contribution is 2.62. The molecular formula is C12H9ClN2O2S. The highest BCUT2D eigenvalue weighted by Gasteiger charge is 2.72. The Kier molecular flexibility index (Phi) is 2.85. The Labute approximate surface area is 110 Å². The Bertz CT molecular complexity index is 671. The van der Waals surface area contributed by atoms with Gasteiger partial charge in [-0.15, -0.1) is 0 Å². The first kappa shape index (κ1) is 12.9. The van der Waals surface area contributed by atoms with E-state index >= 15 is 0 Å². The number of nitrogens with zero attached hydrogens (tertiary/aromatic N) is 2. The van der Waals surface area contributed by atoms with E-state index in [9.17, 15) is 8.42 Å². The standard InChI is InChI=1S/C12H9ClN2O2S/c1-18(16,17)11-10(12(11,6-14)7-15)8-3-2-4-9(13)5-8/h2-5,10-11H,1H3/t10-,11+/m1/s1. The fourth-order valence-corrected chi connectivity index (χ4v) is 4.28. The van der Waals surface area contributed by atoms with Gasteiger partial charge in [0.05, 0.1) is 12.1 Å². The van der Waals surface area contributed by atoms with E-state index in [0.717, 1.165) is 6.26 Å².